The normalized spacial score (nSPS) is 35.2. The van der Waals surface area contributed by atoms with Crippen LogP contribution >= 0.6 is 0 Å². The molecule has 7 nitrogen and oxygen atoms in total. The number of likely N-dealkylation sites (N-methyl/N-ethyl adjacent to an activating group) is 1. The number of hydrogen-bond acceptors (Lipinski definition) is 5. The molecule has 3 aliphatic carbocycles. The minimum atomic E-state index is -0.801. The van der Waals surface area contributed by atoms with Gasteiger partial charge in [-0.05, 0) is 49.5 Å². The number of hydrogen-bond donors (Lipinski definition) is 2. The van der Waals surface area contributed by atoms with Gasteiger partial charge in [0.2, 0.25) is 5.91 Å². The third-order valence-electron chi connectivity index (χ3n) is 10.1. The van der Waals surface area contributed by atoms with Crippen molar-refractivity contribution in [3.63, 3.8) is 0 Å². The molecule has 0 radical (unpaired) electrons. The molecule has 6 atom stereocenters. The molecule has 1 aromatic heterocycles. The molecule has 3 fully saturated rings. The summed E-state index contributed by atoms with van der Waals surface area (Å²) in [5.74, 6) is 2.49. The maximum Gasteiger partial charge on any atom is 0.246 e. The van der Waals surface area contributed by atoms with Gasteiger partial charge in [-0.3, -0.25) is 4.79 Å². The number of nitrogens with one attached hydrogen (secondary N) is 1. The third kappa shape index (κ3) is 3.36. The zero-order chi connectivity index (χ0) is 25.4. The first-order valence-corrected chi connectivity index (χ1v) is 13.8. The number of furan rings is 1. The second-order valence-electron chi connectivity index (χ2n) is 12.0. The maximum absolute atomic E-state index is 13.0. The van der Waals surface area contributed by atoms with Crippen molar-refractivity contribution in [2.45, 2.75) is 61.7 Å². The van der Waals surface area contributed by atoms with Gasteiger partial charge in [0.15, 0.2) is 11.5 Å². The molecule has 7 rings (SSSR count). The lowest BCUT2D eigenvalue weighted by molar-refractivity contribution is -0.944. The van der Waals surface area contributed by atoms with E-state index in [1.807, 2.05) is 19.2 Å². The summed E-state index contributed by atoms with van der Waals surface area (Å²) in [5.41, 5.74) is 2.13. The number of methoxy groups -OCH3 is 1. The number of piperidine rings is 1. The molecule has 196 valence electrons. The molecule has 2 bridgehead atoms. The third-order valence-corrected chi connectivity index (χ3v) is 10.1. The molecule has 5 aliphatic rings. The van der Waals surface area contributed by atoms with E-state index in [1.165, 1.54) is 30.5 Å². The Labute approximate surface area is 218 Å². The average molecular weight is 506 g/mol. The molecular formula is C30H37N2O5+. The van der Waals surface area contributed by atoms with Crippen LogP contribution < -0.4 is 14.4 Å². The number of carbonyl (C=O) groups is 1. The molecule has 2 N–H and O–H groups in total. The number of carbonyl (C=O) groups excluding carboxylic acids is 1. The van der Waals surface area contributed by atoms with Gasteiger partial charge in [-0.25, -0.2) is 0 Å². The minimum Gasteiger partial charge on any atom is -0.493 e. The number of aliphatic hydroxyl groups is 1. The Morgan fingerprint density at radius 2 is 2.14 bits per heavy atom. The second kappa shape index (κ2) is 8.37. The van der Waals surface area contributed by atoms with Crippen LogP contribution in [0.4, 0.5) is 0 Å². The van der Waals surface area contributed by atoms with Crippen LogP contribution in [0.2, 0.25) is 0 Å². The molecule has 1 unspecified atom stereocenters. The summed E-state index contributed by atoms with van der Waals surface area (Å²) in [4.78, 5) is 16.3. The van der Waals surface area contributed by atoms with Crippen LogP contribution in [-0.4, -0.2) is 67.5 Å². The minimum absolute atomic E-state index is 0.0430. The fraction of sp³-hybridized carbons (Fsp3) is 0.567. The quantitative estimate of drug-likeness (QED) is 0.565. The van der Waals surface area contributed by atoms with Gasteiger partial charge in [-0.1, -0.05) is 6.07 Å². The van der Waals surface area contributed by atoms with E-state index in [2.05, 4.69) is 6.07 Å². The highest BCUT2D eigenvalue weighted by atomic mass is 16.5. The molecule has 7 heteroatoms. The predicted octanol–water partition coefficient (Wildman–Crippen LogP) is 2.22. The van der Waals surface area contributed by atoms with Crippen molar-refractivity contribution in [3.8, 4) is 11.5 Å². The number of nitrogens with zero attached hydrogens (tertiary/aromatic N) is 1. The van der Waals surface area contributed by atoms with Crippen molar-refractivity contribution in [2.24, 2.45) is 11.8 Å². The Hall–Kier alpha value is -2.77. The van der Waals surface area contributed by atoms with Crippen LogP contribution in [0.5, 0.6) is 11.5 Å². The van der Waals surface area contributed by atoms with Crippen LogP contribution in [0, 0.1) is 11.8 Å². The van der Waals surface area contributed by atoms with Gasteiger partial charge in [-0.15, -0.1) is 0 Å². The monoisotopic (exact) mass is 505 g/mol. The van der Waals surface area contributed by atoms with Gasteiger partial charge in [0, 0.05) is 55.5 Å². The fourth-order valence-electron chi connectivity index (χ4n) is 8.25. The van der Waals surface area contributed by atoms with Gasteiger partial charge in [0.1, 0.15) is 17.7 Å². The summed E-state index contributed by atoms with van der Waals surface area (Å²) in [6.45, 7) is 2.83. The number of benzene rings is 1. The molecular weight excluding hydrogens is 468 g/mol. The van der Waals surface area contributed by atoms with Crippen LogP contribution in [0.15, 0.2) is 41.2 Å². The number of ether oxygens (including phenoxy) is 2. The molecule has 1 aromatic carbocycles. The highest BCUT2D eigenvalue weighted by Crippen LogP contribution is 2.64. The van der Waals surface area contributed by atoms with Crippen LogP contribution in [0.25, 0.3) is 6.08 Å². The van der Waals surface area contributed by atoms with E-state index in [0.29, 0.717) is 6.54 Å². The zero-order valence-electron chi connectivity index (χ0n) is 21.7. The average Bonchev–Trinajstić information content (AvgIpc) is 3.41. The van der Waals surface area contributed by atoms with Crippen molar-refractivity contribution in [1.82, 2.24) is 4.90 Å². The van der Waals surface area contributed by atoms with E-state index >= 15 is 0 Å². The first kappa shape index (κ1) is 23.4. The molecule has 2 aromatic rings. The highest BCUT2D eigenvalue weighted by molar-refractivity contribution is 5.91. The number of quaternary nitrogens is 1. The van der Waals surface area contributed by atoms with Gasteiger partial charge in [0.25, 0.3) is 0 Å². The van der Waals surface area contributed by atoms with E-state index in [-0.39, 0.29) is 24.0 Å². The van der Waals surface area contributed by atoms with Crippen molar-refractivity contribution < 1.29 is 28.7 Å². The standard InChI is InChI=1S/C30H36N2O5/c1-31(25(33)8-5-20-10-14-36-18-20)17-22-9-11-30(34)24-15-21-6-7-23(35-2)27-26(21)29(30,28(22)37-27)12-13-32(24)16-19-3-4-19/h5-8,10,14,18-19,22,24,28,34H,3-4,9,11-13,15-17H2,1-2H3/p+1/b8-5+/t22-,24+,28-,29-,30+/m0/s1. The first-order valence-electron chi connectivity index (χ1n) is 13.8. The molecule has 2 saturated carbocycles. The van der Waals surface area contributed by atoms with E-state index in [4.69, 9.17) is 13.9 Å². The number of rotatable bonds is 7. The Morgan fingerprint density at radius 1 is 1.27 bits per heavy atom. The van der Waals surface area contributed by atoms with Crippen LogP contribution in [-0.2, 0) is 16.6 Å². The summed E-state index contributed by atoms with van der Waals surface area (Å²) in [6, 6.07) is 6.26. The Bertz CT molecular complexity index is 1240. The Morgan fingerprint density at radius 3 is 2.89 bits per heavy atom. The lowest BCUT2D eigenvalue weighted by Gasteiger charge is -2.62. The molecule has 1 amide bonds. The maximum atomic E-state index is 13.0. The second-order valence-corrected chi connectivity index (χ2v) is 12.0. The first-order chi connectivity index (χ1) is 17.9. The summed E-state index contributed by atoms with van der Waals surface area (Å²) in [5, 5.41) is 12.7. The molecule has 2 aliphatic heterocycles. The van der Waals surface area contributed by atoms with Gasteiger partial charge in [0.05, 0.1) is 38.1 Å². The number of amides is 1. The SMILES string of the molecule is COc1ccc2c3c1O[C@H]1[C@H](CN(C)C(=O)/C=C/c4ccoc4)CC[C@@]4(O)[C@@H](C2)[NH+](CC2CC2)CC[C@]314. The van der Waals surface area contributed by atoms with Crippen LogP contribution in [0.1, 0.15) is 48.8 Å². The molecule has 1 spiro atoms. The zero-order valence-corrected chi connectivity index (χ0v) is 21.7. The summed E-state index contributed by atoms with van der Waals surface area (Å²) < 4.78 is 17.7. The smallest absolute Gasteiger partial charge is 0.246 e. The van der Waals surface area contributed by atoms with Crippen molar-refractivity contribution >= 4 is 12.0 Å². The van der Waals surface area contributed by atoms with E-state index in [1.54, 1.807) is 41.6 Å². The Balaban J connectivity index is 1.22. The van der Waals surface area contributed by atoms with Crippen molar-refractivity contribution in [2.75, 3.05) is 33.8 Å². The highest BCUT2D eigenvalue weighted by Gasteiger charge is 2.74. The van der Waals surface area contributed by atoms with E-state index in [0.717, 1.165) is 55.2 Å². The van der Waals surface area contributed by atoms with Gasteiger partial charge < -0.3 is 28.8 Å². The van der Waals surface area contributed by atoms with Crippen LogP contribution in [0.3, 0.4) is 0 Å². The largest absolute Gasteiger partial charge is 0.493 e. The van der Waals surface area contributed by atoms with E-state index < -0.39 is 11.0 Å². The Kier molecular flexibility index (Phi) is 5.28. The molecule has 37 heavy (non-hydrogen) atoms. The fourth-order valence-corrected chi connectivity index (χ4v) is 8.25. The van der Waals surface area contributed by atoms with Gasteiger partial charge in [-0.2, -0.15) is 0 Å². The lowest BCUT2D eigenvalue weighted by Crippen LogP contribution is -3.21. The molecule has 1 saturated heterocycles. The van der Waals surface area contributed by atoms with Crippen molar-refractivity contribution in [3.05, 3.63) is 53.5 Å². The lowest BCUT2D eigenvalue weighted by atomic mass is 9.47. The van der Waals surface area contributed by atoms with E-state index in [9.17, 15) is 9.90 Å². The number of likely N-dealkylation sites (tertiary alicyclic amines) is 1. The summed E-state index contributed by atoms with van der Waals surface area (Å²) in [7, 11) is 3.55. The van der Waals surface area contributed by atoms with Crippen molar-refractivity contribution in [1.29, 1.82) is 0 Å². The topological polar surface area (TPSA) is 76.6 Å². The summed E-state index contributed by atoms with van der Waals surface area (Å²) in [6.07, 6.45) is 12.5. The summed E-state index contributed by atoms with van der Waals surface area (Å²) >= 11 is 0. The molecule has 3 heterocycles. The predicted molar refractivity (Wildman–Crippen MR) is 138 cm³/mol. The van der Waals surface area contributed by atoms with Gasteiger partial charge >= 0.3 is 0 Å².